The lowest BCUT2D eigenvalue weighted by Gasteiger charge is -2.29. The van der Waals surface area contributed by atoms with Crippen LogP contribution in [0.3, 0.4) is 0 Å². The molecular formula is C26H24FN3O5. The number of hydrogen-bond donors (Lipinski definition) is 5. The van der Waals surface area contributed by atoms with Crippen LogP contribution in [-0.2, 0) is 22.6 Å². The molecule has 180 valence electrons. The second-order valence-electron chi connectivity index (χ2n) is 8.12. The number of amides is 2. The highest BCUT2D eigenvalue weighted by atomic mass is 19.1. The Bertz CT molecular complexity index is 1310. The van der Waals surface area contributed by atoms with Crippen LogP contribution in [0.1, 0.15) is 29.2 Å². The molecule has 0 saturated heterocycles. The van der Waals surface area contributed by atoms with E-state index in [4.69, 9.17) is 10.5 Å². The summed E-state index contributed by atoms with van der Waals surface area (Å²) in [5, 5.41) is 24.7. The SMILES string of the molecule is Nc1cccc(COC(=O)C2=C(CCc3ccc(O)c(O)c3)NC(=O)NC2c2cccc(F)c2)c1. The molecule has 2 amide bonds. The largest absolute Gasteiger partial charge is 0.504 e. The maximum atomic E-state index is 14.0. The Hall–Kier alpha value is -4.53. The van der Waals surface area contributed by atoms with Crippen LogP contribution in [-0.4, -0.2) is 22.2 Å². The first-order valence-corrected chi connectivity index (χ1v) is 10.9. The molecule has 0 aromatic heterocycles. The van der Waals surface area contributed by atoms with Crippen molar-refractivity contribution in [3.05, 3.63) is 101 Å². The van der Waals surface area contributed by atoms with Crippen LogP contribution in [0.15, 0.2) is 78.0 Å². The van der Waals surface area contributed by atoms with Crippen molar-refractivity contribution in [3.8, 4) is 11.5 Å². The van der Waals surface area contributed by atoms with Crippen LogP contribution in [0, 0.1) is 5.82 Å². The monoisotopic (exact) mass is 477 g/mol. The maximum absolute atomic E-state index is 14.0. The predicted octanol–water partition coefficient (Wildman–Crippen LogP) is 3.80. The second-order valence-corrected chi connectivity index (χ2v) is 8.12. The van der Waals surface area contributed by atoms with Gasteiger partial charge in [0.2, 0.25) is 0 Å². The van der Waals surface area contributed by atoms with Crippen LogP contribution in [0.2, 0.25) is 0 Å². The molecular weight excluding hydrogens is 453 g/mol. The number of carbonyl (C=O) groups excluding carboxylic acids is 2. The Labute approximate surface area is 200 Å². The van der Waals surface area contributed by atoms with Gasteiger partial charge in [-0.1, -0.05) is 30.3 Å². The van der Waals surface area contributed by atoms with Gasteiger partial charge in [0, 0.05) is 11.4 Å². The van der Waals surface area contributed by atoms with Gasteiger partial charge in [0.25, 0.3) is 0 Å². The van der Waals surface area contributed by atoms with Crippen molar-refractivity contribution in [3.63, 3.8) is 0 Å². The molecule has 35 heavy (non-hydrogen) atoms. The van der Waals surface area contributed by atoms with E-state index in [1.54, 1.807) is 36.4 Å². The molecule has 4 rings (SSSR count). The van der Waals surface area contributed by atoms with Gasteiger partial charge < -0.3 is 31.3 Å². The number of benzene rings is 3. The number of urea groups is 1. The number of phenolic OH excluding ortho intramolecular Hbond substituents is 2. The fourth-order valence-corrected chi connectivity index (χ4v) is 3.90. The first kappa shape index (κ1) is 23.6. The normalized spacial score (nSPS) is 15.3. The number of aryl methyl sites for hydroxylation is 1. The van der Waals surface area contributed by atoms with E-state index in [0.717, 1.165) is 0 Å². The fourth-order valence-electron chi connectivity index (χ4n) is 3.90. The van der Waals surface area contributed by atoms with E-state index in [1.165, 1.54) is 30.3 Å². The zero-order chi connectivity index (χ0) is 24.9. The van der Waals surface area contributed by atoms with Gasteiger partial charge in [-0.25, -0.2) is 14.0 Å². The molecule has 1 atom stereocenters. The summed E-state index contributed by atoms with van der Waals surface area (Å²) in [4.78, 5) is 25.7. The molecule has 0 bridgehead atoms. The van der Waals surface area contributed by atoms with Crippen LogP contribution in [0.4, 0.5) is 14.9 Å². The Kier molecular flexibility index (Phi) is 6.86. The Morgan fingerprint density at radius 2 is 1.77 bits per heavy atom. The molecule has 9 heteroatoms. The van der Waals surface area contributed by atoms with Gasteiger partial charge in [0.1, 0.15) is 12.4 Å². The standard InChI is InChI=1S/C26H24FN3O5/c27-18-5-2-4-17(13-18)24-23(25(33)35-14-16-3-1-6-19(28)11-16)20(29-26(34)30-24)9-7-15-8-10-21(31)22(32)12-15/h1-6,8,10-13,24,31-32H,7,9,14,28H2,(H2,29,30,34). The minimum absolute atomic E-state index is 0.0453. The molecule has 0 radical (unpaired) electrons. The molecule has 1 aliphatic rings. The summed E-state index contributed by atoms with van der Waals surface area (Å²) in [6, 6.07) is 15.4. The Balaban J connectivity index is 1.66. The van der Waals surface area contributed by atoms with E-state index >= 15 is 0 Å². The van der Waals surface area contributed by atoms with Gasteiger partial charge in [-0.3, -0.25) is 0 Å². The first-order chi connectivity index (χ1) is 16.8. The van der Waals surface area contributed by atoms with E-state index in [9.17, 15) is 24.2 Å². The molecule has 3 aromatic carbocycles. The Morgan fingerprint density at radius 1 is 0.971 bits per heavy atom. The van der Waals surface area contributed by atoms with E-state index in [2.05, 4.69) is 10.6 Å². The second kappa shape index (κ2) is 10.2. The van der Waals surface area contributed by atoms with Gasteiger partial charge in [-0.15, -0.1) is 0 Å². The number of nitrogens with two attached hydrogens (primary N) is 1. The fraction of sp³-hybridized carbons (Fsp3) is 0.154. The molecule has 8 nitrogen and oxygen atoms in total. The van der Waals surface area contributed by atoms with E-state index in [1.807, 2.05) is 0 Å². The lowest BCUT2D eigenvalue weighted by Crippen LogP contribution is -2.46. The molecule has 3 aromatic rings. The lowest BCUT2D eigenvalue weighted by atomic mass is 9.93. The summed E-state index contributed by atoms with van der Waals surface area (Å²) in [5.74, 6) is -1.72. The van der Waals surface area contributed by atoms with Crippen molar-refractivity contribution in [1.82, 2.24) is 10.6 Å². The summed E-state index contributed by atoms with van der Waals surface area (Å²) < 4.78 is 19.5. The van der Waals surface area contributed by atoms with Crippen molar-refractivity contribution >= 4 is 17.7 Å². The minimum atomic E-state index is -0.934. The molecule has 6 N–H and O–H groups in total. The van der Waals surface area contributed by atoms with E-state index in [-0.39, 0.29) is 30.1 Å². The van der Waals surface area contributed by atoms with Crippen LogP contribution >= 0.6 is 0 Å². The molecule has 1 unspecified atom stereocenters. The van der Waals surface area contributed by atoms with Crippen molar-refractivity contribution in [2.45, 2.75) is 25.5 Å². The number of aromatic hydroxyl groups is 2. The number of allylic oxidation sites excluding steroid dienone is 1. The minimum Gasteiger partial charge on any atom is -0.504 e. The zero-order valence-corrected chi connectivity index (χ0v) is 18.6. The third kappa shape index (κ3) is 5.70. The topological polar surface area (TPSA) is 134 Å². The smallest absolute Gasteiger partial charge is 0.338 e. The average molecular weight is 477 g/mol. The number of halogens is 1. The number of esters is 1. The molecule has 1 aliphatic heterocycles. The van der Waals surface area contributed by atoms with Gasteiger partial charge >= 0.3 is 12.0 Å². The van der Waals surface area contributed by atoms with Crippen LogP contribution < -0.4 is 16.4 Å². The summed E-state index contributed by atoms with van der Waals surface area (Å²) in [7, 11) is 0. The van der Waals surface area contributed by atoms with Crippen molar-refractivity contribution in [1.29, 1.82) is 0 Å². The molecule has 0 aliphatic carbocycles. The third-order valence-corrected chi connectivity index (χ3v) is 5.58. The van der Waals surface area contributed by atoms with Gasteiger partial charge in [0.05, 0.1) is 11.6 Å². The van der Waals surface area contributed by atoms with Crippen molar-refractivity contribution < 1.29 is 28.9 Å². The number of nitrogen functional groups attached to an aromatic ring is 1. The van der Waals surface area contributed by atoms with Crippen molar-refractivity contribution in [2.75, 3.05) is 5.73 Å². The highest BCUT2D eigenvalue weighted by molar-refractivity contribution is 5.95. The molecule has 0 saturated carbocycles. The average Bonchev–Trinajstić information content (AvgIpc) is 2.83. The van der Waals surface area contributed by atoms with Gasteiger partial charge in [-0.2, -0.15) is 0 Å². The zero-order valence-electron chi connectivity index (χ0n) is 18.6. The highest BCUT2D eigenvalue weighted by Crippen LogP contribution is 2.31. The summed E-state index contributed by atoms with van der Waals surface area (Å²) >= 11 is 0. The van der Waals surface area contributed by atoms with E-state index < -0.39 is 23.9 Å². The van der Waals surface area contributed by atoms with Crippen LogP contribution in [0.25, 0.3) is 0 Å². The number of nitrogens with one attached hydrogen (secondary N) is 2. The molecule has 1 heterocycles. The quantitative estimate of drug-likeness (QED) is 0.200. The number of ether oxygens (including phenoxy) is 1. The number of carbonyl (C=O) groups is 2. The van der Waals surface area contributed by atoms with E-state index in [0.29, 0.717) is 34.5 Å². The van der Waals surface area contributed by atoms with Gasteiger partial charge in [-0.05, 0) is 65.9 Å². The van der Waals surface area contributed by atoms with Crippen LogP contribution in [0.5, 0.6) is 11.5 Å². The number of rotatable bonds is 7. The number of hydrogen-bond acceptors (Lipinski definition) is 6. The number of phenols is 2. The number of anilines is 1. The Morgan fingerprint density at radius 3 is 2.51 bits per heavy atom. The molecule has 0 spiro atoms. The first-order valence-electron chi connectivity index (χ1n) is 10.9. The summed E-state index contributed by atoms with van der Waals surface area (Å²) in [6.07, 6.45) is 0.553. The lowest BCUT2D eigenvalue weighted by molar-refractivity contribution is -0.140. The summed E-state index contributed by atoms with van der Waals surface area (Å²) in [6.45, 7) is -0.0453. The maximum Gasteiger partial charge on any atom is 0.338 e. The predicted molar refractivity (Wildman–Crippen MR) is 127 cm³/mol. The molecule has 0 fully saturated rings. The van der Waals surface area contributed by atoms with Crippen molar-refractivity contribution in [2.24, 2.45) is 0 Å². The van der Waals surface area contributed by atoms with Gasteiger partial charge in [0.15, 0.2) is 11.5 Å². The summed E-state index contributed by atoms with van der Waals surface area (Å²) in [5.41, 5.74) is 8.53. The highest BCUT2D eigenvalue weighted by Gasteiger charge is 2.34. The third-order valence-electron chi connectivity index (χ3n) is 5.58.